The van der Waals surface area contributed by atoms with Crippen LogP contribution in [0, 0.1) is 0 Å². The second-order valence-electron chi connectivity index (χ2n) is 6.32. The van der Waals surface area contributed by atoms with E-state index in [0.29, 0.717) is 34.7 Å². The quantitative estimate of drug-likeness (QED) is 0.381. The maximum Gasteiger partial charge on any atom is 0.336 e. The first-order valence-electron chi connectivity index (χ1n) is 8.86. The summed E-state index contributed by atoms with van der Waals surface area (Å²) in [5, 5.41) is 36.4. The summed E-state index contributed by atoms with van der Waals surface area (Å²) in [6, 6.07) is 12.8. The van der Waals surface area contributed by atoms with Gasteiger partial charge in [0.15, 0.2) is 17.1 Å². The van der Waals surface area contributed by atoms with Gasteiger partial charge in [-0.3, -0.25) is 5.10 Å². The summed E-state index contributed by atoms with van der Waals surface area (Å²) in [4.78, 5) is 16.4. The van der Waals surface area contributed by atoms with E-state index in [-0.39, 0.29) is 22.7 Å². The van der Waals surface area contributed by atoms with Crippen molar-refractivity contribution in [3.05, 3.63) is 54.1 Å². The molecule has 0 aliphatic carbocycles. The number of nitrogens with zero attached hydrogens (tertiary/aromatic N) is 2. The molecular formula is C21H17N3O5. The SMILES string of the molecule is CCOc1ccc(-c2[nH]nc3nc(-c4ccc(O)c(O)c4)cc(C(=O)O)c23)cc1. The molecule has 0 radical (unpaired) electrons. The lowest BCUT2D eigenvalue weighted by Crippen LogP contribution is -2.00. The van der Waals surface area contributed by atoms with Crippen molar-refractivity contribution in [2.24, 2.45) is 0 Å². The van der Waals surface area contributed by atoms with E-state index in [4.69, 9.17) is 4.74 Å². The van der Waals surface area contributed by atoms with E-state index < -0.39 is 5.97 Å². The molecule has 0 unspecified atom stereocenters. The molecule has 0 atom stereocenters. The monoisotopic (exact) mass is 391 g/mol. The number of nitrogens with one attached hydrogen (secondary N) is 1. The number of fused-ring (bicyclic) bond motifs is 1. The average molecular weight is 391 g/mol. The molecule has 2 aromatic heterocycles. The third-order valence-electron chi connectivity index (χ3n) is 4.48. The zero-order chi connectivity index (χ0) is 20.5. The van der Waals surface area contributed by atoms with Crippen LogP contribution < -0.4 is 4.74 Å². The van der Waals surface area contributed by atoms with Gasteiger partial charge >= 0.3 is 5.97 Å². The lowest BCUT2D eigenvalue weighted by Gasteiger charge is -2.07. The third kappa shape index (κ3) is 3.31. The number of H-pyrrole nitrogens is 1. The topological polar surface area (TPSA) is 129 Å². The van der Waals surface area contributed by atoms with E-state index in [0.717, 1.165) is 5.56 Å². The summed E-state index contributed by atoms with van der Waals surface area (Å²) in [5.41, 5.74) is 2.31. The second kappa shape index (κ2) is 7.16. The largest absolute Gasteiger partial charge is 0.504 e. The molecule has 8 heteroatoms. The highest BCUT2D eigenvalue weighted by Crippen LogP contribution is 2.34. The molecule has 4 rings (SSSR count). The van der Waals surface area contributed by atoms with Crippen molar-refractivity contribution in [3.63, 3.8) is 0 Å². The lowest BCUT2D eigenvalue weighted by atomic mass is 10.0. The van der Waals surface area contributed by atoms with Crippen LogP contribution in [0.3, 0.4) is 0 Å². The first-order valence-corrected chi connectivity index (χ1v) is 8.86. The highest BCUT2D eigenvalue weighted by atomic mass is 16.5. The van der Waals surface area contributed by atoms with Gasteiger partial charge in [-0.05, 0) is 55.5 Å². The van der Waals surface area contributed by atoms with Gasteiger partial charge in [-0.15, -0.1) is 0 Å². The number of hydrogen-bond donors (Lipinski definition) is 4. The number of aromatic nitrogens is 3. The van der Waals surface area contributed by atoms with Crippen molar-refractivity contribution in [3.8, 4) is 39.8 Å². The fraction of sp³-hybridized carbons (Fsp3) is 0.0952. The zero-order valence-electron chi connectivity index (χ0n) is 15.4. The predicted molar refractivity (Wildman–Crippen MR) is 106 cm³/mol. The van der Waals surface area contributed by atoms with Gasteiger partial charge in [0.2, 0.25) is 0 Å². The normalized spacial score (nSPS) is 10.9. The Hall–Kier alpha value is -4.07. The van der Waals surface area contributed by atoms with Crippen molar-refractivity contribution in [2.45, 2.75) is 6.92 Å². The van der Waals surface area contributed by atoms with Crippen molar-refractivity contribution in [1.29, 1.82) is 0 Å². The maximum absolute atomic E-state index is 12.0. The van der Waals surface area contributed by atoms with Gasteiger partial charge < -0.3 is 20.1 Å². The molecule has 29 heavy (non-hydrogen) atoms. The number of benzene rings is 2. The Morgan fingerprint density at radius 3 is 2.41 bits per heavy atom. The number of hydrogen-bond acceptors (Lipinski definition) is 6. The number of aromatic amines is 1. The minimum absolute atomic E-state index is 0.0233. The van der Waals surface area contributed by atoms with Crippen molar-refractivity contribution >= 4 is 17.0 Å². The molecule has 0 bridgehead atoms. The van der Waals surface area contributed by atoms with E-state index in [1.807, 2.05) is 19.1 Å². The smallest absolute Gasteiger partial charge is 0.336 e. The summed E-state index contributed by atoms with van der Waals surface area (Å²) < 4.78 is 5.44. The zero-order valence-corrected chi connectivity index (χ0v) is 15.4. The van der Waals surface area contributed by atoms with Crippen LogP contribution in [0.5, 0.6) is 17.2 Å². The molecule has 0 saturated heterocycles. The Balaban J connectivity index is 1.87. The number of rotatable bonds is 5. The van der Waals surface area contributed by atoms with E-state index in [1.165, 1.54) is 24.3 Å². The van der Waals surface area contributed by atoms with Gasteiger partial charge in [0.05, 0.1) is 28.9 Å². The first kappa shape index (κ1) is 18.3. The van der Waals surface area contributed by atoms with Crippen LogP contribution in [0.15, 0.2) is 48.5 Å². The number of carbonyl (C=O) groups is 1. The van der Waals surface area contributed by atoms with E-state index in [9.17, 15) is 20.1 Å². The lowest BCUT2D eigenvalue weighted by molar-refractivity contribution is 0.0699. The van der Waals surface area contributed by atoms with Crippen molar-refractivity contribution in [2.75, 3.05) is 6.61 Å². The van der Waals surface area contributed by atoms with Crippen molar-refractivity contribution < 1.29 is 24.9 Å². The van der Waals surface area contributed by atoms with Gasteiger partial charge in [-0.25, -0.2) is 9.78 Å². The third-order valence-corrected chi connectivity index (χ3v) is 4.48. The number of phenols is 2. The number of aromatic hydroxyl groups is 2. The highest BCUT2D eigenvalue weighted by Gasteiger charge is 2.20. The molecule has 0 amide bonds. The number of aromatic carboxylic acids is 1. The Labute approximate surface area is 165 Å². The van der Waals surface area contributed by atoms with Gasteiger partial charge in [-0.1, -0.05) is 0 Å². The minimum Gasteiger partial charge on any atom is -0.504 e. The molecule has 0 saturated carbocycles. The standard InChI is InChI=1S/C21H17N3O5/c1-2-29-13-6-3-11(4-7-13)19-18-14(21(27)28)10-15(22-20(18)24-23-19)12-5-8-16(25)17(26)9-12/h3-10,25-26H,2H2,1H3,(H,27,28)(H,22,23,24). The van der Waals surface area contributed by atoms with Crippen LogP contribution in [-0.2, 0) is 0 Å². The van der Waals surface area contributed by atoms with Gasteiger partial charge in [-0.2, -0.15) is 5.10 Å². The van der Waals surface area contributed by atoms with Crippen LogP contribution in [0.1, 0.15) is 17.3 Å². The van der Waals surface area contributed by atoms with Gasteiger partial charge in [0, 0.05) is 11.1 Å². The molecule has 2 heterocycles. The fourth-order valence-electron chi connectivity index (χ4n) is 3.12. The minimum atomic E-state index is -1.13. The summed E-state index contributed by atoms with van der Waals surface area (Å²) in [5.74, 6) is -1.01. The van der Waals surface area contributed by atoms with Crippen LogP contribution in [-0.4, -0.2) is 43.1 Å². The summed E-state index contributed by atoms with van der Waals surface area (Å²) >= 11 is 0. The van der Waals surface area contributed by atoms with Gasteiger partial charge in [0.25, 0.3) is 0 Å². The van der Waals surface area contributed by atoms with Crippen LogP contribution in [0.25, 0.3) is 33.5 Å². The molecular weight excluding hydrogens is 374 g/mol. The number of pyridine rings is 1. The molecule has 0 aliphatic rings. The predicted octanol–water partition coefficient (Wildman–Crippen LogP) is 3.80. The van der Waals surface area contributed by atoms with Crippen LogP contribution >= 0.6 is 0 Å². The summed E-state index contributed by atoms with van der Waals surface area (Å²) in [7, 11) is 0. The molecule has 146 valence electrons. The Morgan fingerprint density at radius 1 is 1.03 bits per heavy atom. The summed E-state index contributed by atoms with van der Waals surface area (Å²) in [6.45, 7) is 2.45. The maximum atomic E-state index is 12.0. The Kier molecular flexibility index (Phi) is 4.52. The van der Waals surface area contributed by atoms with Gasteiger partial charge in [0.1, 0.15) is 5.75 Å². The van der Waals surface area contributed by atoms with E-state index in [2.05, 4.69) is 15.2 Å². The Morgan fingerprint density at radius 2 is 1.76 bits per heavy atom. The fourth-order valence-corrected chi connectivity index (χ4v) is 3.12. The van der Waals surface area contributed by atoms with Crippen LogP contribution in [0.4, 0.5) is 0 Å². The number of ether oxygens (including phenoxy) is 1. The molecule has 8 nitrogen and oxygen atoms in total. The second-order valence-corrected chi connectivity index (χ2v) is 6.32. The van der Waals surface area contributed by atoms with E-state index in [1.54, 1.807) is 12.1 Å². The Bertz CT molecular complexity index is 1220. The molecule has 2 aromatic carbocycles. The number of phenolic OH excluding ortho intramolecular Hbond substituents is 2. The highest BCUT2D eigenvalue weighted by molar-refractivity contribution is 6.08. The molecule has 0 aliphatic heterocycles. The molecule has 0 fully saturated rings. The van der Waals surface area contributed by atoms with Crippen molar-refractivity contribution in [1.82, 2.24) is 15.2 Å². The van der Waals surface area contributed by atoms with E-state index >= 15 is 0 Å². The molecule has 4 aromatic rings. The first-order chi connectivity index (χ1) is 14.0. The molecule has 4 N–H and O–H groups in total. The van der Waals surface area contributed by atoms with Crippen LogP contribution in [0.2, 0.25) is 0 Å². The summed E-state index contributed by atoms with van der Waals surface area (Å²) in [6.07, 6.45) is 0. The molecule has 0 spiro atoms. The average Bonchev–Trinajstić information content (AvgIpc) is 3.14. The number of carboxylic acid groups (broad SMARTS) is 1. The number of carboxylic acids is 1.